The molecule has 2 unspecified atom stereocenters. The molecule has 11 heavy (non-hydrogen) atoms. The largest absolute Gasteiger partial charge is 0.388 e. The summed E-state index contributed by atoms with van der Waals surface area (Å²) >= 11 is 0. The minimum absolute atomic E-state index is 0.500. The minimum atomic E-state index is -0.500. The molecule has 0 amide bonds. The van der Waals surface area contributed by atoms with Gasteiger partial charge >= 0.3 is 0 Å². The van der Waals surface area contributed by atoms with Gasteiger partial charge in [0.1, 0.15) is 0 Å². The summed E-state index contributed by atoms with van der Waals surface area (Å²) in [5, 5.41) is 18.7. The molecule has 2 heteroatoms. The van der Waals surface area contributed by atoms with E-state index in [4.69, 9.17) is 0 Å². The molecule has 0 heterocycles. The highest BCUT2D eigenvalue weighted by atomic mass is 16.3. The molecular weight excluding hydrogens is 140 g/mol. The van der Waals surface area contributed by atoms with Crippen molar-refractivity contribution in [2.45, 2.75) is 31.5 Å². The smallest absolute Gasteiger partial charge is 0.0787 e. The van der Waals surface area contributed by atoms with E-state index in [1.165, 1.54) is 0 Å². The van der Waals surface area contributed by atoms with Crippen LogP contribution in [-0.4, -0.2) is 22.4 Å². The third-order valence-corrected chi connectivity index (χ3v) is 2.17. The fourth-order valence-corrected chi connectivity index (χ4v) is 1.28. The molecule has 0 aromatic rings. The first-order valence-corrected chi connectivity index (χ1v) is 3.87. The van der Waals surface area contributed by atoms with Crippen LogP contribution in [0.25, 0.3) is 0 Å². The fraction of sp³-hybridized carbons (Fsp3) is 0.556. The van der Waals surface area contributed by atoms with Crippen LogP contribution in [0.4, 0.5) is 0 Å². The normalized spacial score (nSPS) is 33.6. The monoisotopic (exact) mass is 154 g/mol. The van der Waals surface area contributed by atoms with Gasteiger partial charge in [0.2, 0.25) is 0 Å². The molecular formula is C9H14O2. The molecule has 2 nitrogen and oxygen atoms in total. The Hall–Kier alpha value is -0.600. The first kappa shape index (κ1) is 8.50. The Morgan fingerprint density at radius 2 is 1.36 bits per heavy atom. The predicted octanol–water partition coefficient (Wildman–Crippen LogP) is 1.00. The summed E-state index contributed by atoms with van der Waals surface area (Å²) in [5.41, 5.74) is 1.19. The average Bonchev–Trinajstić information content (AvgIpc) is 2.07. The SMILES string of the molecule is C=C1C(=C)C(O)CCCC1O. The van der Waals surface area contributed by atoms with Gasteiger partial charge in [-0.3, -0.25) is 0 Å². The van der Waals surface area contributed by atoms with Crippen molar-refractivity contribution in [1.29, 1.82) is 0 Å². The Balaban J connectivity index is 2.74. The molecule has 62 valence electrons. The fourth-order valence-electron chi connectivity index (χ4n) is 1.28. The standard InChI is InChI=1S/C9H14O2/c1-6-7(2)9(11)5-3-4-8(6)10/h8-11H,1-5H2. The van der Waals surface area contributed by atoms with Crippen LogP contribution in [0.1, 0.15) is 19.3 Å². The van der Waals surface area contributed by atoms with Crippen LogP contribution in [0, 0.1) is 0 Å². The van der Waals surface area contributed by atoms with E-state index in [0.717, 1.165) is 6.42 Å². The van der Waals surface area contributed by atoms with Crippen LogP contribution < -0.4 is 0 Å². The molecule has 1 aliphatic rings. The second-order valence-corrected chi connectivity index (χ2v) is 3.01. The summed E-state index contributed by atoms with van der Waals surface area (Å²) < 4.78 is 0. The van der Waals surface area contributed by atoms with Crippen LogP contribution >= 0.6 is 0 Å². The van der Waals surface area contributed by atoms with E-state index in [0.29, 0.717) is 24.0 Å². The predicted molar refractivity (Wildman–Crippen MR) is 44.1 cm³/mol. The van der Waals surface area contributed by atoms with Gasteiger partial charge in [-0.1, -0.05) is 13.2 Å². The zero-order valence-electron chi connectivity index (χ0n) is 6.58. The summed E-state index contributed by atoms with van der Waals surface area (Å²) in [6, 6.07) is 0. The number of aliphatic hydroxyl groups excluding tert-OH is 2. The van der Waals surface area contributed by atoms with Crippen molar-refractivity contribution in [1.82, 2.24) is 0 Å². The number of hydrogen-bond donors (Lipinski definition) is 2. The van der Waals surface area contributed by atoms with Crippen molar-refractivity contribution in [2.24, 2.45) is 0 Å². The molecule has 0 aromatic heterocycles. The van der Waals surface area contributed by atoms with E-state index in [9.17, 15) is 10.2 Å². The van der Waals surface area contributed by atoms with Gasteiger partial charge in [-0.2, -0.15) is 0 Å². The van der Waals surface area contributed by atoms with Crippen molar-refractivity contribution in [3.63, 3.8) is 0 Å². The van der Waals surface area contributed by atoms with Crippen molar-refractivity contribution >= 4 is 0 Å². The van der Waals surface area contributed by atoms with Gasteiger partial charge in [-0.15, -0.1) is 0 Å². The van der Waals surface area contributed by atoms with Gasteiger partial charge in [-0.25, -0.2) is 0 Å². The molecule has 0 bridgehead atoms. The zero-order chi connectivity index (χ0) is 8.43. The third kappa shape index (κ3) is 1.70. The van der Waals surface area contributed by atoms with Crippen LogP contribution in [0.5, 0.6) is 0 Å². The Labute approximate surface area is 66.9 Å². The van der Waals surface area contributed by atoms with E-state index in [1.54, 1.807) is 0 Å². The highest BCUT2D eigenvalue weighted by Crippen LogP contribution is 2.25. The maximum Gasteiger partial charge on any atom is 0.0787 e. The van der Waals surface area contributed by atoms with E-state index < -0.39 is 12.2 Å². The lowest BCUT2D eigenvalue weighted by atomic mass is 10.0. The first-order chi connectivity index (χ1) is 5.13. The van der Waals surface area contributed by atoms with Crippen molar-refractivity contribution < 1.29 is 10.2 Å². The van der Waals surface area contributed by atoms with Gasteiger partial charge < -0.3 is 10.2 Å². The van der Waals surface area contributed by atoms with Crippen molar-refractivity contribution in [3.8, 4) is 0 Å². The minimum Gasteiger partial charge on any atom is -0.388 e. The van der Waals surface area contributed by atoms with E-state index in [2.05, 4.69) is 13.2 Å². The lowest BCUT2D eigenvalue weighted by Crippen LogP contribution is -2.13. The summed E-state index contributed by atoms with van der Waals surface area (Å²) in [5.74, 6) is 0. The molecule has 1 saturated carbocycles. The van der Waals surface area contributed by atoms with Crippen molar-refractivity contribution in [3.05, 3.63) is 24.3 Å². The van der Waals surface area contributed by atoms with Gasteiger partial charge in [0, 0.05) is 0 Å². The number of hydrogen-bond acceptors (Lipinski definition) is 2. The second-order valence-electron chi connectivity index (χ2n) is 3.01. The summed E-state index contributed by atoms with van der Waals surface area (Å²) in [4.78, 5) is 0. The van der Waals surface area contributed by atoms with Gasteiger partial charge in [0.15, 0.2) is 0 Å². The summed E-state index contributed by atoms with van der Waals surface area (Å²) in [7, 11) is 0. The lowest BCUT2D eigenvalue weighted by Gasteiger charge is -2.13. The molecule has 0 aliphatic heterocycles. The molecule has 2 N–H and O–H groups in total. The quantitative estimate of drug-likeness (QED) is 0.511. The molecule has 1 rings (SSSR count). The van der Waals surface area contributed by atoms with Crippen LogP contribution in [-0.2, 0) is 0 Å². The molecule has 0 spiro atoms. The van der Waals surface area contributed by atoms with E-state index >= 15 is 0 Å². The Morgan fingerprint density at radius 1 is 1.00 bits per heavy atom. The average molecular weight is 154 g/mol. The molecule has 1 aliphatic carbocycles. The van der Waals surface area contributed by atoms with Gasteiger partial charge in [0.25, 0.3) is 0 Å². The summed E-state index contributed by atoms with van der Waals surface area (Å²) in [6.45, 7) is 7.35. The Bertz CT molecular complexity index is 164. The summed E-state index contributed by atoms with van der Waals surface area (Å²) in [6.07, 6.45) is 1.21. The maximum atomic E-state index is 9.37. The van der Waals surface area contributed by atoms with Gasteiger partial charge in [0.05, 0.1) is 12.2 Å². The number of aliphatic hydroxyl groups is 2. The molecule has 2 atom stereocenters. The molecule has 0 saturated heterocycles. The van der Waals surface area contributed by atoms with Crippen LogP contribution in [0.15, 0.2) is 24.3 Å². The maximum absolute atomic E-state index is 9.37. The zero-order valence-corrected chi connectivity index (χ0v) is 6.58. The lowest BCUT2D eigenvalue weighted by molar-refractivity contribution is 0.199. The molecule has 1 fully saturated rings. The van der Waals surface area contributed by atoms with E-state index in [1.807, 2.05) is 0 Å². The highest BCUT2D eigenvalue weighted by Gasteiger charge is 2.21. The van der Waals surface area contributed by atoms with Crippen LogP contribution in [0.2, 0.25) is 0 Å². The van der Waals surface area contributed by atoms with E-state index in [-0.39, 0.29) is 0 Å². The van der Waals surface area contributed by atoms with Gasteiger partial charge in [-0.05, 0) is 30.4 Å². The third-order valence-electron chi connectivity index (χ3n) is 2.17. The Morgan fingerprint density at radius 3 is 1.73 bits per heavy atom. The van der Waals surface area contributed by atoms with Crippen LogP contribution in [0.3, 0.4) is 0 Å². The Kier molecular flexibility index (Phi) is 2.47. The topological polar surface area (TPSA) is 40.5 Å². The molecule has 0 radical (unpaired) electrons. The first-order valence-electron chi connectivity index (χ1n) is 3.87. The number of rotatable bonds is 0. The van der Waals surface area contributed by atoms with Crippen molar-refractivity contribution in [2.75, 3.05) is 0 Å². The second kappa shape index (κ2) is 3.20. The highest BCUT2D eigenvalue weighted by molar-refractivity contribution is 5.32. The molecule has 0 aromatic carbocycles.